The van der Waals surface area contributed by atoms with E-state index in [4.69, 9.17) is 11.6 Å². The van der Waals surface area contributed by atoms with Gasteiger partial charge in [-0.1, -0.05) is 18.5 Å². The van der Waals surface area contributed by atoms with Crippen molar-refractivity contribution in [1.82, 2.24) is 14.6 Å². The van der Waals surface area contributed by atoms with Crippen LogP contribution in [0.3, 0.4) is 0 Å². The number of amides is 1. The SMILES string of the molecule is CCNC(=O)CN(CC)S(=O)(=O)c1ccc(Cl)nc1. The van der Waals surface area contributed by atoms with Gasteiger partial charge >= 0.3 is 0 Å². The number of carbonyl (C=O) groups excluding carboxylic acids is 1. The maximum Gasteiger partial charge on any atom is 0.245 e. The van der Waals surface area contributed by atoms with Gasteiger partial charge in [0.2, 0.25) is 15.9 Å². The predicted molar refractivity (Wildman–Crippen MR) is 72.4 cm³/mol. The Kier molecular flexibility index (Phi) is 5.71. The number of hydrogen-bond acceptors (Lipinski definition) is 4. The van der Waals surface area contributed by atoms with E-state index >= 15 is 0 Å². The molecule has 1 aromatic rings. The van der Waals surface area contributed by atoms with Gasteiger partial charge in [0.15, 0.2) is 0 Å². The van der Waals surface area contributed by atoms with Crippen molar-refractivity contribution in [3.8, 4) is 0 Å². The lowest BCUT2D eigenvalue weighted by Gasteiger charge is -2.19. The zero-order valence-electron chi connectivity index (χ0n) is 10.8. The Morgan fingerprint density at radius 3 is 2.58 bits per heavy atom. The molecule has 0 radical (unpaired) electrons. The Morgan fingerprint density at radius 1 is 1.42 bits per heavy atom. The highest BCUT2D eigenvalue weighted by atomic mass is 35.5. The van der Waals surface area contributed by atoms with Crippen molar-refractivity contribution in [2.75, 3.05) is 19.6 Å². The van der Waals surface area contributed by atoms with Crippen molar-refractivity contribution in [2.24, 2.45) is 0 Å². The summed E-state index contributed by atoms with van der Waals surface area (Å²) in [6.45, 7) is 3.88. The van der Waals surface area contributed by atoms with Gasteiger partial charge in [-0.15, -0.1) is 0 Å². The predicted octanol–water partition coefficient (Wildman–Crippen LogP) is 0.882. The van der Waals surface area contributed by atoms with Crippen LogP contribution in [-0.4, -0.2) is 43.2 Å². The van der Waals surface area contributed by atoms with E-state index < -0.39 is 10.0 Å². The van der Waals surface area contributed by atoms with Gasteiger partial charge < -0.3 is 5.32 Å². The molecule has 0 aliphatic rings. The normalized spacial score (nSPS) is 11.6. The molecule has 1 N–H and O–H groups in total. The summed E-state index contributed by atoms with van der Waals surface area (Å²) in [5, 5.41) is 2.77. The van der Waals surface area contributed by atoms with E-state index in [0.717, 1.165) is 4.31 Å². The molecule has 0 aliphatic carbocycles. The summed E-state index contributed by atoms with van der Waals surface area (Å²) in [5.74, 6) is -0.338. The fourth-order valence-electron chi connectivity index (χ4n) is 1.44. The van der Waals surface area contributed by atoms with Crippen LogP contribution in [0.5, 0.6) is 0 Å². The first-order chi connectivity index (χ1) is 8.91. The van der Waals surface area contributed by atoms with E-state index in [2.05, 4.69) is 10.3 Å². The van der Waals surface area contributed by atoms with E-state index in [1.807, 2.05) is 0 Å². The summed E-state index contributed by atoms with van der Waals surface area (Å²) in [4.78, 5) is 15.2. The van der Waals surface area contributed by atoms with Gasteiger partial charge in [0.1, 0.15) is 10.0 Å². The summed E-state index contributed by atoms with van der Waals surface area (Å²) >= 11 is 5.62. The molecule has 0 spiro atoms. The molecule has 0 saturated carbocycles. The monoisotopic (exact) mass is 305 g/mol. The van der Waals surface area contributed by atoms with Crippen molar-refractivity contribution < 1.29 is 13.2 Å². The molecule has 1 aromatic heterocycles. The first kappa shape index (κ1) is 15.9. The highest BCUT2D eigenvalue weighted by molar-refractivity contribution is 7.89. The minimum Gasteiger partial charge on any atom is -0.355 e. The van der Waals surface area contributed by atoms with Crippen molar-refractivity contribution >= 4 is 27.5 Å². The number of pyridine rings is 1. The lowest BCUT2D eigenvalue weighted by Crippen LogP contribution is -2.40. The second kappa shape index (κ2) is 6.83. The van der Waals surface area contributed by atoms with Gasteiger partial charge in [-0.05, 0) is 19.1 Å². The first-order valence-corrected chi connectivity index (χ1v) is 7.62. The molecule has 106 valence electrons. The number of aromatic nitrogens is 1. The van der Waals surface area contributed by atoms with Gasteiger partial charge in [0.25, 0.3) is 0 Å². The third-order valence-corrected chi connectivity index (χ3v) is 4.51. The molecule has 1 rings (SSSR count). The van der Waals surface area contributed by atoms with Crippen LogP contribution in [0.25, 0.3) is 0 Å². The van der Waals surface area contributed by atoms with Crippen LogP contribution in [0, 0.1) is 0 Å². The number of nitrogens with one attached hydrogen (secondary N) is 1. The fourth-order valence-corrected chi connectivity index (χ4v) is 2.91. The van der Waals surface area contributed by atoms with E-state index in [9.17, 15) is 13.2 Å². The highest BCUT2D eigenvalue weighted by Gasteiger charge is 2.25. The summed E-state index contributed by atoms with van der Waals surface area (Å²) in [7, 11) is -3.73. The Balaban J connectivity index is 2.95. The average Bonchev–Trinajstić information content (AvgIpc) is 2.36. The lowest BCUT2D eigenvalue weighted by molar-refractivity contribution is -0.121. The van der Waals surface area contributed by atoms with E-state index in [0.29, 0.717) is 6.54 Å². The molecule has 0 fully saturated rings. The standard InChI is InChI=1S/C11H16ClN3O3S/c1-3-13-11(16)8-15(4-2)19(17,18)9-5-6-10(12)14-7-9/h5-7H,3-4,8H2,1-2H3,(H,13,16). The second-order valence-corrected chi connectivity index (χ2v) is 6.03. The van der Waals surface area contributed by atoms with E-state index in [1.165, 1.54) is 18.3 Å². The minimum atomic E-state index is -3.73. The molecule has 0 bridgehead atoms. The Bertz CT molecular complexity index is 531. The molecular formula is C11H16ClN3O3S. The van der Waals surface area contributed by atoms with Crippen LogP contribution < -0.4 is 5.32 Å². The van der Waals surface area contributed by atoms with Crippen molar-refractivity contribution in [3.05, 3.63) is 23.5 Å². The number of likely N-dealkylation sites (N-methyl/N-ethyl adjacent to an activating group) is 2. The van der Waals surface area contributed by atoms with E-state index in [-0.39, 0.29) is 29.0 Å². The molecule has 0 atom stereocenters. The van der Waals surface area contributed by atoms with Crippen LogP contribution in [0.4, 0.5) is 0 Å². The molecule has 19 heavy (non-hydrogen) atoms. The third kappa shape index (κ3) is 4.15. The molecule has 0 unspecified atom stereocenters. The molecule has 8 heteroatoms. The zero-order valence-corrected chi connectivity index (χ0v) is 12.3. The van der Waals surface area contributed by atoms with Crippen molar-refractivity contribution in [2.45, 2.75) is 18.7 Å². The number of halogens is 1. The number of sulfonamides is 1. The van der Waals surface area contributed by atoms with Crippen LogP contribution >= 0.6 is 11.6 Å². The summed E-state index contributed by atoms with van der Waals surface area (Å²) < 4.78 is 25.6. The molecule has 0 saturated heterocycles. The highest BCUT2D eigenvalue weighted by Crippen LogP contribution is 2.15. The quantitative estimate of drug-likeness (QED) is 0.791. The van der Waals surface area contributed by atoms with Crippen LogP contribution in [0.15, 0.2) is 23.2 Å². The maximum absolute atomic E-state index is 12.3. The molecule has 6 nitrogen and oxygen atoms in total. The zero-order chi connectivity index (χ0) is 14.5. The maximum atomic E-state index is 12.3. The molecule has 0 aromatic carbocycles. The minimum absolute atomic E-state index is 0.0167. The van der Waals surface area contributed by atoms with Crippen LogP contribution in [0.1, 0.15) is 13.8 Å². The van der Waals surface area contributed by atoms with Crippen molar-refractivity contribution in [3.63, 3.8) is 0 Å². The van der Waals surface area contributed by atoms with Gasteiger partial charge in [-0.3, -0.25) is 4.79 Å². The third-order valence-electron chi connectivity index (χ3n) is 2.38. The first-order valence-electron chi connectivity index (χ1n) is 5.80. The summed E-state index contributed by atoms with van der Waals surface area (Å²) in [5.41, 5.74) is 0. The topological polar surface area (TPSA) is 79.4 Å². The summed E-state index contributed by atoms with van der Waals surface area (Å²) in [6.07, 6.45) is 1.18. The Morgan fingerprint density at radius 2 is 2.11 bits per heavy atom. The Hall–Kier alpha value is -1.18. The second-order valence-electron chi connectivity index (χ2n) is 3.70. The molecule has 1 amide bonds. The molecule has 0 aliphatic heterocycles. The van der Waals surface area contributed by atoms with Gasteiger partial charge in [0, 0.05) is 19.3 Å². The van der Waals surface area contributed by atoms with Gasteiger partial charge in [-0.25, -0.2) is 13.4 Å². The Labute approximate surface area is 117 Å². The van der Waals surface area contributed by atoms with Gasteiger partial charge in [-0.2, -0.15) is 4.31 Å². The number of hydrogen-bond donors (Lipinski definition) is 1. The van der Waals surface area contributed by atoms with Crippen LogP contribution in [-0.2, 0) is 14.8 Å². The summed E-state index contributed by atoms with van der Waals surface area (Å²) in [6, 6.07) is 2.76. The number of carbonyl (C=O) groups is 1. The lowest BCUT2D eigenvalue weighted by atomic mass is 10.5. The average molecular weight is 306 g/mol. The number of rotatable bonds is 6. The van der Waals surface area contributed by atoms with Crippen LogP contribution in [0.2, 0.25) is 5.15 Å². The fraction of sp³-hybridized carbons (Fsp3) is 0.455. The van der Waals surface area contributed by atoms with Crippen molar-refractivity contribution in [1.29, 1.82) is 0 Å². The smallest absolute Gasteiger partial charge is 0.245 e. The van der Waals surface area contributed by atoms with Gasteiger partial charge in [0.05, 0.1) is 6.54 Å². The van der Waals surface area contributed by atoms with E-state index in [1.54, 1.807) is 13.8 Å². The number of nitrogens with zero attached hydrogens (tertiary/aromatic N) is 2. The largest absolute Gasteiger partial charge is 0.355 e. The molecule has 1 heterocycles. The molecular weight excluding hydrogens is 290 g/mol.